The zero-order valence-electron chi connectivity index (χ0n) is 12.7. The molecule has 0 heterocycles. The minimum absolute atomic E-state index is 0.0651. The number of ether oxygens (including phenoxy) is 3. The zero-order chi connectivity index (χ0) is 16.1. The lowest BCUT2D eigenvalue weighted by Crippen LogP contribution is -2.13. The molecule has 0 saturated carbocycles. The molecular weight excluding hydrogens is 348 g/mol. The Hall–Kier alpha value is -2.01. The molecule has 2 aromatic carbocycles. The summed E-state index contributed by atoms with van der Waals surface area (Å²) in [5.41, 5.74) is 1.58. The minimum Gasteiger partial charge on any atom is -0.497 e. The molecule has 0 radical (unpaired) electrons. The Kier molecular flexibility index (Phi) is 5.44. The van der Waals surface area contributed by atoms with Gasteiger partial charge in [0.1, 0.15) is 17.2 Å². The SMILES string of the molecule is COc1ccc(C(=O)COc2ccc(C)cc2Br)c(OC)c1. The van der Waals surface area contributed by atoms with E-state index in [1.807, 2.05) is 25.1 Å². The van der Waals surface area contributed by atoms with Crippen LogP contribution in [0.15, 0.2) is 40.9 Å². The van der Waals surface area contributed by atoms with Gasteiger partial charge in [-0.15, -0.1) is 0 Å². The summed E-state index contributed by atoms with van der Waals surface area (Å²) in [6.07, 6.45) is 0. The van der Waals surface area contributed by atoms with Gasteiger partial charge >= 0.3 is 0 Å². The predicted molar refractivity (Wildman–Crippen MR) is 88.3 cm³/mol. The molecule has 5 heteroatoms. The fourth-order valence-electron chi connectivity index (χ4n) is 1.97. The number of carbonyl (C=O) groups excluding carboxylic acids is 1. The van der Waals surface area contributed by atoms with E-state index < -0.39 is 0 Å². The van der Waals surface area contributed by atoms with Crippen LogP contribution in [0, 0.1) is 6.92 Å². The van der Waals surface area contributed by atoms with Crippen LogP contribution in [0.3, 0.4) is 0 Å². The summed E-state index contributed by atoms with van der Waals surface area (Å²) in [6, 6.07) is 10.8. The van der Waals surface area contributed by atoms with Crippen molar-refractivity contribution in [2.75, 3.05) is 20.8 Å². The van der Waals surface area contributed by atoms with Crippen molar-refractivity contribution in [3.05, 3.63) is 52.0 Å². The second-order valence-electron chi connectivity index (χ2n) is 4.71. The largest absolute Gasteiger partial charge is 0.497 e. The standard InChI is InChI=1S/C17H17BrO4/c1-11-4-7-16(14(18)8-11)22-10-15(19)13-6-5-12(20-2)9-17(13)21-3/h4-9H,10H2,1-3H3. The Labute approximate surface area is 138 Å². The number of aryl methyl sites for hydroxylation is 1. The van der Waals surface area contributed by atoms with Crippen molar-refractivity contribution in [2.24, 2.45) is 0 Å². The van der Waals surface area contributed by atoms with E-state index in [0.717, 1.165) is 10.0 Å². The predicted octanol–water partition coefficient (Wildman–Crippen LogP) is 4.04. The highest BCUT2D eigenvalue weighted by molar-refractivity contribution is 9.10. The Bertz CT molecular complexity index is 682. The van der Waals surface area contributed by atoms with Crippen molar-refractivity contribution in [3.63, 3.8) is 0 Å². The van der Waals surface area contributed by atoms with Crippen molar-refractivity contribution in [1.29, 1.82) is 0 Å². The highest BCUT2D eigenvalue weighted by Gasteiger charge is 2.14. The first-order valence-electron chi connectivity index (χ1n) is 6.69. The monoisotopic (exact) mass is 364 g/mol. The molecule has 0 aliphatic rings. The highest BCUT2D eigenvalue weighted by Crippen LogP contribution is 2.27. The van der Waals surface area contributed by atoms with Crippen molar-refractivity contribution >= 4 is 21.7 Å². The average molecular weight is 365 g/mol. The van der Waals surface area contributed by atoms with E-state index in [-0.39, 0.29) is 12.4 Å². The number of ketones is 1. The molecule has 0 unspecified atom stereocenters. The lowest BCUT2D eigenvalue weighted by Gasteiger charge is -2.11. The van der Waals surface area contributed by atoms with E-state index in [1.165, 1.54) is 7.11 Å². The number of benzene rings is 2. The van der Waals surface area contributed by atoms with E-state index in [4.69, 9.17) is 14.2 Å². The number of halogens is 1. The Morgan fingerprint density at radius 2 is 1.82 bits per heavy atom. The lowest BCUT2D eigenvalue weighted by atomic mass is 10.1. The summed E-state index contributed by atoms with van der Waals surface area (Å²) >= 11 is 3.42. The van der Waals surface area contributed by atoms with Gasteiger partial charge in [0.25, 0.3) is 0 Å². The first-order chi connectivity index (χ1) is 10.5. The van der Waals surface area contributed by atoms with Crippen LogP contribution in [0.25, 0.3) is 0 Å². The van der Waals surface area contributed by atoms with Gasteiger partial charge in [-0.05, 0) is 52.7 Å². The first kappa shape index (κ1) is 16.4. The van der Waals surface area contributed by atoms with Crippen LogP contribution in [-0.2, 0) is 0 Å². The number of hydrogen-bond donors (Lipinski definition) is 0. The van der Waals surface area contributed by atoms with Crippen LogP contribution >= 0.6 is 15.9 Å². The molecule has 116 valence electrons. The third kappa shape index (κ3) is 3.80. The fraction of sp³-hybridized carbons (Fsp3) is 0.235. The second kappa shape index (κ2) is 7.31. The van der Waals surface area contributed by atoms with Crippen molar-refractivity contribution in [2.45, 2.75) is 6.92 Å². The molecule has 22 heavy (non-hydrogen) atoms. The molecule has 0 aliphatic carbocycles. The molecule has 0 atom stereocenters. The zero-order valence-corrected chi connectivity index (χ0v) is 14.3. The number of rotatable bonds is 6. The number of hydrogen-bond acceptors (Lipinski definition) is 4. The van der Waals surface area contributed by atoms with Crippen LogP contribution in [0.5, 0.6) is 17.2 Å². The first-order valence-corrected chi connectivity index (χ1v) is 7.48. The molecule has 2 aromatic rings. The Morgan fingerprint density at radius 3 is 2.45 bits per heavy atom. The van der Waals surface area contributed by atoms with E-state index in [1.54, 1.807) is 25.3 Å². The van der Waals surface area contributed by atoms with E-state index in [9.17, 15) is 4.79 Å². The van der Waals surface area contributed by atoms with Gasteiger partial charge in [-0.1, -0.05) is 6.07 Å². The number of Topliss-reactive ketones (excluding diaryl/α,β-unsaturated/α-hetero) is 1. The number of carbonyl (C=O) groups is 1. The minimum atomic E-state index is -0.160. The maximum Gasteiger partial charge on any atom is 0.203 e. The summed E-state index contributed by atoms with van der Waals surface area (Å²) in [5.74, 6) is 1.57. The molecule has 4 nitrogen and oxygen atoms in total. The maximum atomic E-state index is 12.3. The molecule has 0 amide bonds. The van der Waals surface area contributed by atoms with Gasteiger partial charge in [-0.25, -0.2) is 0 Å². The second-order valence-corrected chi connectivity index (χ2v) is 5.57. The van der Waals surface area contributed by atoms with Gasteiger partial charge < -0.3 is 14.2 Å². The van der Waals surface area contributed by atoms with E-state index in [2.05, 4.69) is 15.9 Å². The average Bonchev–Trinajstić information content (AvgIpc) is 2.53. The highest BCUT2D eigenvalue weighted by atomic mass is 79.9. The molecule has 0 aliphatic heterocycles. The molecule has 0 N–H and O–H groups in total. The van der Waals surface area contributed by atoms with Crippen LogP contribution < -0.4 is 14.2 Å². The summed E-state index contributed by atoms with van der Waals surface area (Å²) in [4.78, 5) is 12.3. The molecule has 0 aromatic heterocycles. The molecule has 0 saturated heterocycles. The molecule has 2 rings (SSSR count). The van der Waals surface area contributed by atoms with E-state index >= 15 is 0 Å². The molecule has 0 fully saturated rings. The summed E-state index contributed by atoms with van der Waals surface area (Å²) in [6.45, 7) is 1.92. The van der Waals surface area contributed by atoms with Gasteiger partial charge in [0.05, 0.1) is 24.3 Å². The molecule has 0 bridgehead atoms. The van der Waals surface area contributed by atoms with Crippen LogP contribution in [0.2, 0.25) is 0 Å². The Balaban J connectivity index is 2.12. The third-order valence-electron chi connectivity index (χ3n) is 3.16. The Morgan fingerprint density at radius 1 is 1.05 bits per heavy atom. The van der Waals surface area contributed by atoms with Gasteiger partial charge in [0.15, 0.2) is 6.61 Å². The smallest absolute Gasteiger partial charge is 0.203 e. The van der Waals surface area contributed by atoms with Crippen molar-refractivity contribution in [1.82, 2.24) is 0 Å². The quantitative estimate of drug-likeness (QED) is 0.725. The lowest BCUT2D eigenvalue weighted by molar-refractivity contribution is 0.0918. The van der Waals surface area contributed by atoms with Crippen molar-refractivity contribution < 1.29 is 19.0 Å². The van der Waals surface area contributed by atoms with Gasteiger partial charge in [0, 0.05) is 6.07 Å². The van der Waals surface area contributed by atoms with Crippen LogP contribution in [-0.4, -0.2) is 26.6 Å². The molecular formula is C17H17BrO4. The van der Waals surface area contributed by atoms with Gasteiger partial charge in [-0.2, -0.15) is 0 Å². The van der Waals surface area contributed by atoms with Gasteiger partial charge in [-0.3, -0.25) is 4.79 Å². The van der Waals surface area contributed by atoms with Crippen LogP contribution in [0.1, 0.15) is 15.9 Å². The molecule has 0 spiro atoms. The topological polar surface area (TPSA) is 44.8 Å². The summed E-state index contributed by atoms with van der Waals surface area (Å²) in [5, 5.41) is 0. The van der Waals surface area contributed by atoms with Crippen molar-refractivity contribution in [3.8, 4) is 17.2 Å². The third-order valence-corrected chi connectivity index (χ3v) is 3.77. The summed E-state index contributed by atoms with van der Waals surface area (Å²) in [7, 11) is 3.08. The normalized spacial score (nSPS) is 10.2. The van der Waals surface area contributed by atoms with E-state index in [0.29, 0.717) is 22.8 Å². The summed E-state index contributed by atoms with van der Waals surface area (Å²) < 4.78 is 16.8. The number of methoxy groups -OCH3 is 2. The van der Waals surface area contributed by atoms with Gasteiger partial charge in [0.2, 0.25) is 5.78 Å². The fourth-order valence-corrected chi connectivity index (χ4v) is 2.58. The van der Waals surface area contributed by atoms with Crippen LogP contribution in [0.4, 0.5) is 0 Å². The maximum absolute atomic E-state index is 12.3.